The molecule has 0 aliphatic heterocycles. The standard InChI is InChI=1S/C16H21N3O/c1-16(2)8-13(17)12-6-7-19(14(12)9-16)11-4-5-15(20-3)18-10-11/h4-7,10,13H,8-9,17H2,1-3H3. The Bertz CT molecular complexity index is 613. The van der Waals surface area contributed by atoms with E-state index in [0.717, 1.165) is 18.5 Å². The van der Waals surface area contributed by atoms with Crippen LogP contribution in [-0.2, 0) is 6.42 Å². The summed E-state index contributed by atoms with van der Waals surface area (Å²) < 4.78 is 7.31. The Morgan fingerprint density at radius 1 is 1.35 bits per heavy atom. The van der Waals surface area contributed by atoms with E-state index in [1.54, 1.807) is 7.11 Å². The number of hydrogen-bond donors (Lipinski definition) is 1. The van der Waals surface area contributed by atoms with Crippen LogP contribution in [0.25, 0.3) is 5.69 Å². The number of methoxy groups -OCH3 is 1. The summed E-state index contributed by atoms with van der Waals surface area (Å²) in [6.45, 7) is 4.55. The SMILES string of the molecule is COc1ccc(-n2ccc3c2CC(C)(C)CC3N)cn1. The molecular formula is C16H21N3O. The minimum atomic E-state index is 0.126. The van der Waals surface area contributed by atoms with Crippen molar-refractivity contribution < 1.29 is 4.74 Å². The smallest absolute Gasteiger partial charge is 0.213 e. The second kappa shape index (κ2) is 4.63. The molecule has 3 rings (SSSR count). The molecule has 0 spiro atoms. The van der Waals surface area contributed by atoms with Crippen LogP contribution in [0, 0.1) is 5.41 Å². The molecule has 2 N–H and O–H groups in total. The summed E-state index contributed by atoms with van der Waals surface area (Å²) >= 11 is 0. The van der Waals surface area contributed by atoms with Gasteiger partial charge in [0.1, 0.15) is 0 Å². The fraction of sp³-hybridized carbons (Fsp3) is 0.438. The Hall–Kier alpha value is -1.81. The average Bonchev–Trinajstić information content (AvgIpc) is 2.81. The topological polar surface area (TPSA) is 53.1 Å². The van der Waals surface area contributed by atoms with Crippen molar-refractivity contribution >= 4 is 0 Å². The maximum Gasteiger partial charge on any atom is 0.213 e. The average molecular weight is 271 g/mol. The number of pyridine rings is 1. The molecule has 0 fully saturated rings. The molecule has 0 saturated carbocycles. The van der Waals surface area contributed by atoms with Gasteiger partial charge in [-0.3, -0.25) is 0 Å². The first-order valence-electron chi connectivity index (χ1n) is 6.96. The first-order chi connectivity index (χ1) is 9.50. The zero-order valence-electron chi connectivity index (χ0n) is 12.3. The number of nitrogens with zero attached hydrogens (tertiary/aromatic N) is 2. The van der Waals surface area contributed by atoms with Gasteiger partial charge in [0.25, 0.3) is 0 Å². The highest BCUT2D eigenvalue weighted by Gasteiger charge is 2.32. The zero-order valence-corrected chi connectivity index (χ0v) is 12.3. The second-order valence-corrected chi connectivity index (χ2v) is 6.30. The molecule has 0 bridgehead atoms. The van der Waals surface area contributed by atoms with Crippen LogP contribution in [0.1, 0.15) is 37.6 Å². The first kappa shape index (κ1) is 13.2. The quantitative estimate of drug-likeness (QED) is 0.913. The summed E-state index contributed by atoms with van der Waals surface area (Å²) in [7, 11) is 1.63. The van der Waals surface area contributed by atoms with E-state index in [-0.39, 0.29) is 11.5 Å². The molecule has 2 heterocycles. The van der Waals surface area contributed by atoms with Gasteiger partial charge in [0.05, 0.1) is 19.0 Å². The van der Waals surface area contributed by atoms with Gasteiger partial charge in [0, 0.05) is 24.0 Å². The Balaban J connectivity index is 2.03. The van der Waals surface area contributed by atoms with Crippen LogP contribution in [0.4, 0.5) is 0 Å². The third-order valence-corrected chi connectivity index (χ3v) is 4.05. The molecule has 1 aliphatic carbocycles. The third-order valence-electron chi connectivity index (χ3n) is 4.05. The Morgan fingerprint density at radius 3 is 2.80 bits per heavy atom. The minimum absolute atomic E-state index is 0.126. The summed E-state index contributed by atoms with van der Waals surface area (Å²) in [6, 6.07) is 6.18. The van der Waals surface area contributed by atoms with Crippen LogP contribution in [0.2, 0.25) is 0 Å². The first-order valence-corrected chi connectivity index (χ1v) is 6.96. The van der Waals surface area contributed by atoms with Crippen molar-refractivity contribution in [2.75, 3.05) is 7.11 Å². The molecule has 0 saturated heterocycles. The highest BCUT2D eigenvalue weighted by Crippen LogP contribution is 2.40. The summed E-state index contributed by atoms with van der Waals surface area (Å²) in [5, 5.41) is 0. The Labute approximate surface area is 119 Å². The molecule has 0 radical (unpaired) electrons. The molecule has 106 valence electrons. The number of fused-ring (bicyclic) bond motifs is 1. The monoisotopic (exact) mass is 271 g/mol. The van der Waals surface area contributed by atoms with E-state index >= 15 is 0 Å². The van der Waals surface area contributed by atoms with Gasteiger partial charge >= 0.3 is 0 Å². The van der Waals surface area contributed by atoms with Gasteiger partial charge in [0.15, 0.2) is 0 Å². The van der Waals surface area contributed by atoms with Gasteiger partial charge in [0.2, 0.25) is 5.88 Å². The largest absolute Gasteiger partial charge is 0.481 e. The van der Waals surface area contributed by atoms with Crippen molar-refractivity contribution in [2.45, 2.75) is 32.7 Å². The van der Waals surface area contributed by atoms with Gasteiger partial charge < -0.3 is 15.0 Å². The van der Waals surface area contributed by atoms with E-state index in [1.165, 1.54) is 11.3 Å². The molecule has 4 nitrogen and oxygen atoms in total. The lowest BCUT2D eigenvalue weighted by molar-refractivity contribution is 0.278. The number of aromatic nitrogens is 2. The molecule has 1 atom stereocenters. The van der Waals surface area contributed by atoms with Crippen LogP contribution >= 0.6 is 0 Å². The van der Waals surface area contributed by atoms with Crippen LogP contribution in [0.5, 0.6) is 5.88 Å². The Morgan fingerprint density at radius 2 is 2.15 bits per heavy atom. The second-order valence-electron chi connectivity index (χ2n) is 6.30. The predicted molar refractivity (Wildman–Crippen MR) is 79.1 cm³/mol. The van der Waals surface area contributed by atoms with Crippen molar-refractivity contribution in [3.8, 4) is 11.6 Å². The highest BCUT2D eigenvalue weighted by molar-refractivity contribution is 5.40. The van der Waals surface area contributed by atoms with Crippen molar-refractivity contribution in [1.29, 1.82) is 0 Å². The summed E-state index contributed by atoms with van der Waals surface area (Å²) in [4.78, 5) is 4.28. The zero-order chi connectivity index (χ0) is 14.3. The highest BCUT2D eigenvalue weighted by atomic mass is 16.5. The molecule has 4 heteroatoms. The van der Waals surface area contributed by atoms with Crippen molar-refractivity contribution in [3.05, 3.63) is 41.9 Å². The van der Waals surface area contributed by atoms with Gasteiger partial charge in [-0.05, 0) is 36.0 Å². The normalized spacial score (nSPS) is 20.5. The number of nitrogens with two attached hydrogens (primary N) is 1. The van der Waals surface area contributed by atoms with Gasteiger partial charge in [-0.1, -0.05) is 13.8 Å². The summed E-state index contributed by atoms with van der Waals surface area (Å²) in [6.07, 6.45) is 6.00. The maximum atomic E-state index is 6.31. The van der Waals surface area contributed by atoms with E-state index in [2.05, 4.69) is 35.7 Å². The summed E-state index contributed by atoms with van der Waals surface area (Å²) in [5.74, 6) is 0.631. The molecule has 20 heavy (non-hydrogen) atoms. The summed E-state index contributed by atoms with van der Waals surface area (Å²) in [5.41, 5.74) is 10.2. The molecule has 2 aromatic rings. The van der Waals surface area contributed by atoms with Gasteiger partial charge in [-0.15, -0.1) is 0 Å². The van der Waals surface area contributed by atoms with E-state index < -0.39 is 0 Å². The van der Waals surface area contributed by atoms with E-state index in [4.69, 9.17) is 10.5 Å². The lowest BCUT2D eigenvalue weighted by Gasteiger charge is -2.34. The lowest BCUT2D eigenvalue weighted by Crippen LogP contribution is -2.30. The van der Waals surface area contributed by atoms with Crippen LogP contribution in [0.15, 0.2) is 30.6 Å². The lowest BCUT2D eigenvalue weighted by atomic mass is 9.74. The third kappa shape index (κ3) is 2.20. The fourth-order valence-electron chi connectivity index (χ4n) is 3.11. The minimum Gasteiger partial charge on any atom is -0.481 e. The predicted octanol–water partition coefficient (Wildman–Crippen LogP) is 2.85. The number of rotatable bonds is 2. The molecule has 2 aromatic heterocycles. The van der Waals surface area contributed by atoms with E-state index in [9.17, 15) is 0 Å². The maximum absolute atomic E-state index is 6.31. The van der Waals surface area contributed by atoms with Crippen LogP contribution in [-0.4, -0.2) is 16.7 Å². The molecule has 1 aliphatic rings. The van der Waals surface area contributed by atoms with E-state index in [0.29, 0.717) is 5.88 Å². The van der Waals surface area contributed by atoms with Crippen LogP contribution < -0.4 is 10.5 Å². The Kier molecular flexibility index (Phi) is 3.05. The van der Waals surface area contributed by atoms with Crippen molar-refractivity contribution in [2.24, 2.45) is 11.1 Å². The van der Waals surface area contributed by atoms with Crippen LogP contribution in [0.3, 0.4) is 0 Å². The van der Waals surface area contributed by atoms with Gasteiger partial charge in [-0.2, -0.15) is 0 Å². The molecule has 0 aromatic carbocycles. The fourth-order valence-corrected chi connectivity index (χ4v) is 3.11. The molecular weight excluding hydrogens is 250 g/mol. The van der Waals surface area contributed by atoms with Crippen molar-refractivity contribution in [1.82, 2.24) is 9.55 Å². The van der Waals surface area contributed by atoms with Crippen molar-refractivity contribution in [3.63, 3.8) is 0 Å². The van der Waals surface area contributed by atoms with Gasteiger partial charge in [-0.25, -0.2) is 4.98 Å². The molecule has 1 unspecified atom stereocenters. The molecule has 0 amide bonds. The van der Waals surface area contributed by atoms with E-state index in [1.807, 2.05) is 18.3 Å². The number of ether oxygens (including phenoxy) is 1. The number of hydrogen-bond acceptors (Lipinski definition) is 3.